The molecule has 0 spiro atoms. The Labute approximate surface area is 246 Å². The number of aliphatic hydroxyl groups is 1. The molecule has 0 aliphatic carbocycles. The van der Waals surface area contributed by atoms with Crippen LogP contribution in [0.3, 0.4) is 0 Å². The summed E-state index contributed by atoms with van der Waals surface area (Å²) in [5.74, 6) is 3.17. The van der Waals surface area contributed by atoms with Crippen molar-refractivity contribution in [3.05, 3.63) is 73.1 Å². The number of methoxy groups -OCH3 is 1. The summed E-state index contributed by atoms with van der Waals surface area (Å²) in [6.45, 7) is 9.21. The molecule has 0 unspecified atom stereocenters. The number of hydrogen-bond acceptors (Lipinski definition) is 7. The number of nitrogens with one attached hydrogen (secondary N) is 2. The van der Waals surface area contributed by atoms with Gasteiger partial charge < -0.3 is 25.0 Å². The van der Waals surface area contributed by atoms with Crippen LogP contribution < -0.4 is 15.4 Å². The minimum absolute atomic E-state index is 0.430. The molecule has 1 saturated heterocycles. The third-order valence-electron chi connectivity index (χ3n) is 7.95. The SMILES string of the molecule is COc1cc(-c2cnc(C)n2CC2CCNCC2)ccc1Nc1cc2cc(-c3cnn(CC(C)(C)O)c3)ccc2cn1. The lowest BCUT2D eigenvalue weighted by atomic mass is 9.98. The highest BCUT2D eigenvalue weighted by molar-refractivity contribution is 5.89. The molecule has 3 aromatic heterocycles. The highest BCUT2D eigenvalue weighted by atomic mass is 16.5. The summed E-state index contributed by atoms with van der Waals surface area (Å²) < 4.78 is 9.94. The lowest BCUT2D eigenvalue weighted by Crippen LogP contribution is -2.30. The fourth-order valence-corrected chi connectivity index (χ4v) is 5.73. The number of nitrogens with zero attached hydrogens (tertiary/aromatic N) is 5. The number of hydrogen-bond donors (Lipinski definition) is 3. The summed E-state index contributed by atoms with van der Waals surface area (Å²) >= 11 is 0. The van der Waals surface area contributed by atoms with Gasteiger partial charge in [0.15, 0.2) is 0 Å². The van der Waals surface area contributed by atoms with Crippen LogP contribution in [0.15, 0.2) is 67.3 Å². The Morgan fingerprint density at radius 3 is 2.57 bits per heavy atom. The Hall–Kier alpha value is -4.21. The number of ether oxygens (including phenoxy) is 1. The largest absolute Gasteiger partial charge is 0.495 e. The fraction of sp³-hybridized carbons (Fsp3) is 0.364. The van der Waals surface area contributed by atoms with Crippen LogP contribution in [0.1, 0.15) is 32.5 Å². The summed E-state index contributed by atoms with van der Waals surface area (Å²) in [6, 6.07) is 14.6. The first kappa shape index (κ1) is 27.9. The van der Waals surface area contributed by atoms with E-state index in [1.165, 1.54) is 12.8 Å². The van der Waals surface area contributed by atoms with Crippen LogP contribution in [0.2, 0.25) is 0 Å². The Morgan fingerprint density at radius 2 is 1.79 bits per heavy atom. The maximum absolute atomic E-state index is 10.1. The van der Waals surface area contributed by atoms with Gasteiger partial charge in [0.2, 0.25) is 0 Å². The first-order chi connectivity index (χ1) is 20.3. The van der Waals surface area contributed by atoms with E-state index in [0.717, 1.165) is 75.9 Å². The normalized spacial score (nSPS) is 14.4. The van der Waals surface area contributed by atoms with Gasteiger partial charge in [0.25, 0.3) is 0 Å². The van der Waals surface area contributed by atoms with Crippen molar-refractivity contribution in [2.45, 2.75) is 52.3 Å². The summed E-state index contributed by atoms with van der Waals surface area (Å²) in [5, 5.41) is 23.6. The number of fused-ring (bicyclic) bond motifs is 1. The van der Waals surface area contributed by atoms with Crippen molar-refractivity contribution in [2.75, 3.05) is 25.5 Å². The molecule has 1 aliphatic rings. The molecule has 6 rings (SSSR count). The van der Waals surface area contributed by atoms with Crippen molar-refractivity contribution in [1.82, 2.24) is 29.6 Å². The van der Waals surface area contributed by atoms with E-state index in [0.29, 0.717) is 12.5 Å². The summed E-state index contributed by atoms with van der Waals surface area (Å²) in [5.41, 5.74) is 4.26. The average molecular weight is 566 g/mol. The van der Waals surface area contributed by atoms with E-state index in [-0.39, 0.29) is 0 Å². The highest BCUT2D eigenvalue weighted by Gasteiger charge is 2.19. The Balaban J connectivity index is 1.24. The molecule has 0 atom stereocenters. The van der Waals surface area contributed by atoms with E-state index < -0.39 is 5.60 Å². The van der Waals surface area contributed by atoms with Gasteiger partial charge in [0.05, 0.1) is 43.0 Å². The number of aromatic nitrogens is 5. The molecule has 1 fully saturated rings. The van der Waals surface area contributed by atoms with Gasteiger partial charge in [-0.25, -0.2) is 9.97 Å². The zero-order chi connectivity index (χ0) is 29.3. The molecule has 218 valence electrons. The van der Waals surface area contributed by atoms with Crippen LogP contribution >= 0.6 is 0 Å². The number of anilines is 2. The van der Waals surface area contributed by atoms with Crippen molar-refractivity contribution in [3.8, 4) is 28.1 Å². The maximum Gasteiger partial charge on any atom is 0.143 e. The standard InChI is InChI=1S/C33H39N7O2/c1-22-35-18-30(40(22)19-23-9-11-34-12-10-23)25-7-8-29(31(14-25)42-4)38-32-15-27-13-24(5-6-26(27)16-36-32)28-17-37-39(20-28)21-33(2,3)41/h5-8,13-18,20,23,34,41H,9-12,19,21H2,1-4H3,(H,36,38). The molecule has 2 aromatic carbocycles. The van der Waals surface area contributed by atoms with Gasteiger partial charge in [0, 0.05) is 35.5 Å². The van der Waals surface area contributed by atoms with Crippen LogP contribution in [0.25, 0.3) is 33.2 Å². The molecule has 42 heavy (non-hydrogen) atoms. The van der Waals surface area contributed by atoms with E-state index in [4.69, 9.17) is 4.74 Å². The quantitative estimate of drug-likeness (QED) is 0.208. The Morgan fingerprint density at radius 1 is 0.976 bits per heavy atom. The lowest BCUT2D eigenvalue weighted by molar-refractivity contribution is 0.0577. The minimum Gasteiger partial charge on any atom is -0.495 e. The molecule has 4 heterocycles. The number of benzene rings is 2. The van der Waals surface area contributed by atoms with Gasteiger partial charge in [-0.05, 0) is 87.8 Å². The number of rotatable bonds is 9. The molecule has 5 aromatic rings. The van der Waals surface area contributed by atoms with Crippen molar-refractivity contribution in [1.29, 1.82) is 0 Å². The van der Waals surface area contributed by atoms with Crippen molar-refractivity contribution in [2.24, 2.45) is 5.92 Å². The summed E-state index contributed by atoms with van der Waals surface area (Å²) in [7, 11) is 1.69. The van der Waals surface area contributed by atoms with Crippen LogP contribution in [0.5, 0.6) is 5.75 Å². The van der Waals surface area contributed by atoms with Gasteiger partial charge in [0.1, 0.15) is 17.4 Å². The van der Waals surface area contributed by atoms with Gasteiger partial charge in [-0.3, -0.25) is 4.68 Å². The van der Waals surface area contributed by atoms with E-state index in [1.54, 1.807) is 25.6 Å². The predicted molar refractivity (Wildman–Crippen MR) is 167 cm³/mol. The monoisotopic (exact) mass is 565 g/mol. The zero-order valence-corrected chi connectivity index (χ0v) is 24.8. The van der Waals surface area contributed by atoms with Crippen molar-refractivity contribution >= 4 is 22.3 Å². The number of piperidine rings is 1. The lowest BCUT2D eigenvalue weighted by Gasteiger charge is -2.24. The van der Waals surface area contributed by atoms with Crippen LogP contribution in [-0.4, -0.2) is 55.2 Å². The first-order valence-corrected chi connectivity index (χ1v) is 14.6. The van der Waals surface area contributed by atoms with E-state index in [1.807, 2.05) is 36.9 Å². The number of aryl methyl sites for hydroxylation is 1. The second-order valence-corrected chi connectivity index (χ2v) is 11.9. The topological polar surface area (TPSA) is 102 Å². The fourth-order valence-electron chi connectivity index (χ4n) is 5.73. The molecule has 9 heteroatoms. The molecule has 0 bridgehead atoms. The number of imidazole rings is 1. The minimum atomic E-state index is -0.828. The van der Waals surface area contributed by atoms with Crippen LogP contribution in [0, 0.1) is 12.8 Å². The molecule has 3 N–H and O–H groups in total. The second kappa shape index (κ2) is 11.6. The molecule has 0 amide bonds. The molecule has 0 saturated carbocycles. The maximum atomic E-state index is 10.1. The van der Waals surface area contributed by atoms with E-state index >= 15 is 0 Å². The van der Waals surface area contributed by atoms with Crippen LogP contribution in [-0.2, 0) is 13.1 Å². The Bertz CT molecular complexity index is 1690. The third-order valence-corrected chi connectivity index (χ3v) is 7.95. The molecule has 9 nitrogen and oxygen atoms in total. The molecule has 1 aliphatic heterocycles. The van der Waals surface area contributed by atoms with Gasteiger partial charge in [-0.15, -0.1) is 0 Å². The smallest absolute Gasteiger partial charge is 0.143 e. The molecular weight excluding hydrogens is 526 g/mol. The first-order valence-electron chi connectivity index (χ1n) is 14.6. The van der Waals surface area contributed by atoms with Crippen molar-refractivity contribution in [3.63, 3.8) is 0 Å². The molecule has 0 radical (unpaired) electrons. The average Bonchev–Trinajstić information content (AvgIpc) is 3.59. The summed E-state index contributed by atoms with van der Waals surface area (Å²) in [4.78, 5) is 9.30. The van der Waals surface area contributed by atoms with Gasteiger partial charge in [-0.2, -0.15) is 5.10 Å². The summed E-state index contributed by atoms with van der Waals surface area (Å²) in [6.07, 6.45) is 10.0. The predicted octanol–water partition coefficient (Wildman–Crippen LogP) is 5.79. The van der Waals surface area contributed by atoms with E-state index in [2.05, 4.69) is 67.5 Å². The van der Waals surface area contributed by atoms with Crippen molar-refractivity contribution < 1.29 is 9.84 Å². The third kappa shape index (κ3) is 6.17. The van der Waals surface area contributed by atoms with Gasteiger partial charge in [-0.1, -0.05) is 18.2 Å². The Kier molecular flexibility index (Phi) is 7.70. The van der Waals surface area contributed by atoms with Crippen LogP contribution in [0.4, 0.5) is 11.5 Å². The second-order valence-electron chi connectivity index (χ2n) is 11.9. The van der Waals surface area contributed by atoms with E-state index in [9.17, 15) is 5.11 Å². The molecular formula is C33H39N7O2. The zero-order valence-electron chi connectivity index (χ0n) is 24.8. The highest BCUT2D eigenvalue weighted by Crippen LogP contribution is 2.34. The van der Waals surface area contributed by atoms with Gasteiger partial charge >= 0.3 is 0 Å². The number of pyridine rings is 1.